The first-order valence-corrected chi connectivity index (χ1v) is 14.3. The lowest BCUT2D eigenvalue weighted by Crippen LogP contribution is -2.33. The Bertz CT molecular complexity index is 1630. The van der Waals surface area contributed by atoms with E-state index in [-0.39, 0.29) is 54.0 Å². The van der Waals surface area contributed by atoms with Crippen molar-refractivity contribution in [3.8, 4) is 17.1 Å². The number of anilines is 1. The number of aromatic nitrogens is 5. The molecule has 3 N–H and O–H groups in total. The van der Waals surface area contributed by atoms with E-state index in [1.807, 2.05) is 0 Å². The van der Waals surface area contributed by atoms with Crippen LogP contribution in [0.5, 0.6) is 5.88 Å². The highest BCUT2D eigenvalue weighted by molar-refractivity contribution is 6.34. The smallest absolute Gasteiger partial charge is 0.435 e. The lowest BCUT2D eigenvalue weighted by molar-refractivity contribution is -0.110. The SMILES string of the molecule is CCOC(=O)c1cc[nH]c1/C=C1\C(=O)Nc2ncc(-c3cn(C(=O)OC(C)(C)C)nc3OCCCNC(=O)OC(C)(C)C)nc21. The molecule has 0 aromatic carbocycles. The van der Waals surface area contributed by atoms with E-state index < -0.39 is 35.3 Å². The van der Waals surface area contributed by atoms with Crippen molar-refractivity contribution in [1.82, 2.24) is 30.0 Å². The molecule has 240 valence electrons. The quantitative estimate of drug-likeness (QED) is 0.132. The van der Waals surface area contributed by atoms with Crippen LogP contribution in [0.1, 0.15) is 76.6 Å². The van der Waals surface area contributed by atoms with Crippen LogP contribution in [0.15, 0.2) is 24.7 Å². The number of carbonyl (C=O) groups excluding carboxylic acids is 4. The summed E-state index contributed by atoms with van der Waals surface area (Å²) in [7, 11) is 0. The second-order valence-corrected chi connectivity index (χ2v) is 11.9. The first-order chi connectivity index (χ1) is 21.1. The van der Waals surface area contributed by atoms with Gasteiger partial charge in [0, 0.05) is 12.7 Å². The van der Waals surface area contributed by atoms with Crippen molar-refractivity contribution in [1.29, 1.82) is 0 Å². The Hall–Kier alpha value is -5.21. The fraction of sp³-hybridized carbons (Fsp3) is 0.433. The molecule has 0 aliphatic carbocycles. The van der Waals surface area contributed by atoms with Gasteiger partial charge in [0.25, 0.3) is 5.91 Å². The van der Waals surface area contributed by atoms with Crippen LogP contribution in [0.2, 0.25) is 0 Å². The highest BCUT2D eigenvalue weighted by atomic mass is 16.6. The number of H-pyrrole nitrogens is 1. The molecule has 45 heavy (non-hydrogen) atoms. The maximum absolute atomic E-state index is 12.9. The van der Waals surface area contributed by atoms with Crippen molar-refractivity contribution in [3.63, 3.8) is 0 Å². The lowest BCUT2D eigenvalue weighted by atomic mass is 10.1. The predicted molar refractivity (Wildman–Crippen MR) is 162 cm³/mol. The van der Waals surface area contributed by atoms with Crippen molar-refractivity contribution in [2.45, 2.75) is 66.1 Å². The van der Waals surface area contributed by atoms with Gasteiger partial charge in [-0.15, -0.1) is 5.10 Å². The summed E-state index contributed by atoms with van der Waals surface area (Å²) in [5.41, 5.74) is 0.150. The first kappa shape index (κ1) is 32.7. The van der Waals surface area contributed by atoms with E-state index in [9.17, 15) is 19.2 Å². The van der Waals surface area contributed by atoms with Gasteiger partial charge in [-0.05, 0) is 67.0 Å². The molecule has 4 rings (SSSR count). The van der Waals surface area contributed by atoms with Crippen molar-refractivity contribution in [3.05, 3.63) is 41.6 Å². The summed E-state index contributed by atoms with van der Waals surface area (Å²) in [4.78, 5) is 62.0. The Morgan fingerprint density at radius 2 is 1.82 bits per heavy atom. The van der Waals surface area contributed by atoms with Crippen LogP contribution < -0.4 is 15.4 Å². The van der Waals surface area contributed by atoms with Gasteiger partial charge in [0.2, 0.25) is 5.88 Å². The minimum atomic E-state index is -0.781. The molecule has 0 radical (unpaired) electrons. The zero-order chi connectivity index (χ0) is 32.9. The highest BCUT2D eigenvalue weighted by Crippen LogP contribution is 2.34. The van der Waals surface area contributed by atoms with E-state index in [1.54, 1.807) is 60.7 Å². The predicted octanol–water partition coefficient (Wildman–Crippen LogP) is 4.41. The highest BCUT2D eigenvalue weighted by Gasteiger charge is 2.30. The Labute approximate surface area is 259 Å². The summed E-state index contributed by atoms with van der Waals surface area (Å²) in [6.45, 7) is 12.8. The summed E-state index contributed by atoms with van der Waals surface area (Å²) in [5, 5.41) is 9.60. The number of alkyl carbamates (subject to hydrolysis) is 1. The molecule has 0 bridgehead atoms. The molecule has 0 spiro atoms. The van der Waals surface area contributed by atoms with Gasteiger partial charge in [-0.3, -0.25) is 4.79 Å². The summed E-state index contributed by atoms with van der Waals surface area (Å²) in [5.74, 6) is -0.731. The van der Waals surface area contributed by atoms with Crippen LogP contribution in [-0.4, -0.2) is 79.8 Å². The Morgan fingerprint density at radius 3 is 2.51 bits per heavy atom. The third-order valence-electron chi connectivity index (χ3n) is 5.83. The molecule has 2 amide bonds. The minimum Gasteiger partial charge on any atom is -0.476 e. The van der Waals surface area contributed by atoms with Crippen LogP contribution in [0.4, 0.5) is 15.4 Å². The molecule has 3 aromatic heterocycles. The number of rotatable bonds is 9. The van der Waals surface area contributed by atoms with Crippen LogP contribution in [0, 0.1) is 0 Å². The molecule has 0 unspecified atom stereocenters. The van der Waals surface area contributed by atoms with E-state index in [2.05, 4.69) is 30.7 Å². The number of nitrogens with zero attached hydrogens (tertiary/aromatic N) is 4. The molecule has 15 nitrogen and oxygen atoms in total. The van der Waals surface area contributed by atoms with Gasteiger partial charge in [0.05, 0.1) is 53.7 Å². The minimum absolute atomic E-state index is 0.0594. The average molecular weight is 624 g/mol. The summed E-state index contributed by atoms with van der Waals surface area (Å²) in [6.07, 6.45) is 4.97. The molecular formula is C30H37N7O8. The monoisotopic (exact) mass is 623 g/mol. The number of amides is 2. The second kappa shape index (κ2) is 13.2. The third-order valence-corrected chi connectivity index (χ3v) is 5.83. The second-order valence-electron chi connectivity index (χ2n) is 11.9. The number of hydrogen-bond donors (Lipinski definition) is 3. The lowest BCUT2D eigenvalue weighted by Gasteiger charge is -2.19. The molecular weight excluding hydrogens is 586 g/mol. The van der Waals surface area contributed by atoms with Gasteiger partial charge < -0.3 is 34.6 Å². The van der Waals surface area contributed by atoms with Crippen molar-refractivity contribution in [2.75, 3.05) is 25.1 Å². The van der Waals surface area contributed by atoms with Crippen LogP contribution in [0.25, 0.3) is 22.9 Å². The fourth-order valence-electron chi connectivity index (χ4n) is 4.04. The Morgan fingerprint density at radius 1 is 1.09 bits per heavy atom. The topological polar surface area (TPSA) is 189 Å². The van der Waals surface area contributed by atoms with Crippen LogP contribution in [0.3, 0.4) is 0 Å². The van der Waals surface area contributed by atoms with E-state index >= 15 is 0 Å². The summed E-state index contributed by atoms with van der Waals surface area (Å²) < 4.78 is 22.7. The van der Waals surface area contributed by atoms with Crippen LogP contribution >= 0.6 is 0 Å². The largest absolute Gasteiger partial charge is 0.476 e. The normalized spacial score (nSPS) is 13.7. The zero-order valence-electron chi connectivity index (χ0n) is 26.3. The number of fused-ring (bicyclic) bond motifs is 1. The number of hydrogen-bond acceptors (Lipinski definition) is 11. The van der Waals surface area contributed by atoms with Gasteiger partial charge in [-0.25, -0.2) is 24.4 Å². The molecule has 0 fully saturated rings. The summed E-state index contributed by atoms with van der Waals surface area (Å²) >= 11 is 0. The summed E-state index contributed by atoms with van der Waals surface area (Å²) in [6, 6.07) is 1.55. The number of esters is 1. The molecule has 0 atom stereocenters. The van der Waals surface area contributed by atoms with Gasteiger partial charge >= 0.3 is 18.2 Å². The number of ether oxygens (including phenoxy) is 4. The van der Waals surface area contributed by atoms with Crippen molar-refractivity contribution < 1.29 is 38.1 Å². The molecule has 4 heterocycles. The fourth-order valence-corrected chi connectivity index (χ4v) is 4.04. The van der Waals surface area contributed by atoms with Gasteiger partial charge in [-0.1, -0.05) is 0 Å². The molecule has 1 aliphatic rings. The Balaban J connectivity index is 1.61. The molecule has 1 aliphatic heterocycles. The van der Waals surface area contributed by atoms with Crippen molar-refractivity contribution >= 4 is 41.5 Å². The number of nitrogens with one attached hydrogen (secondary N) is 3. The zero-order valence-corrected chi connectivity index (χ0v) is 26.3. The molecule has 15 heteroatoms. The van der Waals surface area contributed by atoms with E-state index in [0.717, 1.165) is 4.68 Å². The van der Waals surface area contributed by atoms with Crippen LogP contribution in [-0.2, 0) is 19.0 Å². The van der Waals surface area contributed by atoms with E-state index in [0.29, 0.717) is 17.7 Å². The van der Waals surface area contributed by atoms with Gasteiger partial charge in [-0.2, -0.15) is 4.68 Å². The first-order valence-electron chi connectivity index (χ1n) is 14.3. The third kappa shape index (κ3) is 8.46. The van der Waals surface area contributed by atoms with E-state index in [4.69, 9.17) is 18.9 Å². The molecule has 3 aromatic rings. The molecule has 0 saturated heterocycles. The van der Waals surface area contributed by atoms with E-state index in [1.165, 1.54) is 18.5 Å². The van der Waals surface area contributed by atoms with Gasteiger partial charge in [0.1, 0.15) is 16.9 Å². The van der Waals surface area contributed by atoms with Crippen molar-refractivity contribution in [2.24, 2.45) is 0 Å². The standard InChI is InChI=1S/C30H37N7O8/c1-8-42-26(39)17-10-12-31-20(17)14-18-22-23(35-24(18)38)33-15-21(34-22)19-16-37(28(41)45-30(5,6)7)36-25(19)43-13-9-11-32-27(40)44-29(2,3)4/h10,12,14-16,31H,8-9,11,13H2,1-7H3,(H,32,40)(H,33,35,38)/b18-14-. The number of aromatic amines is 1. The molecule has 0 saturated carbocycles. The Kier molecular flexibility index (Phi) is 9.59. The maximum Gasteiger partial charge on any atom is 0.435 e. The van der Waals surface area contributed by atoms with Gasteiger partial charge in [0.15, 0.2) is 5.82 Å². The average Bonchev–Trinajstić information content (AvgIpc) is 3.64. The number of carbonyl (C=O) groups is 4. The maximum atomic E-state index is 12.9.